The van der Waals surface area contributed by atoms with Crippen LogP contribution in [0.2, 0.25) is 0 Å². The molecule has 1 saturated carbocycles. The lowest BCUT2D eigenvalue weighted by Crippen LogP contribution is -2.57. The molecule has 0 aromatic rings. The highest BCUT2D eigenvalue weighted by molar-refractivity contribution is 8.00. The predicted molar refractivity (Wildman–Crippen MR) is 90.8 cm³/mol. The highest BCUT2D eigenvalue weighted by Gasteiger charge is 2.49. The summed E-state index contributed by atoms with van der Waals surface area (Å²) in [5.74, 6) is 1.19. The van der Waals surface area contributed by atoms with Crippen molar-refractivity contribution in [2.75, 3.05) is 32.2 Å². The van der Waals surface area contributed by atoms with Crippen molar-refractivity contribution in [1.82, 2.24) is 0 Å². The lowest BCUT2D eigenvalue weighted by atomic mass is 10.5. The minimum Gasteiger partial charge on any atom is -0.374 e. The van der Waals surface area contributed by atoms with Gasteiger partial charge in [0.2, 0.25) is 0 Å². The normalized spacial score (nSPS) is 17.1. The van der Waals surface area contributed by atoms with E-state index in [1.54, 1.807) is 0 Å². The van der Waals surface area contributed by atoms with Gasteiger partial charge in [-0.1, -0.05) is 6.92 Å². The zero-order valence-electron chi connectivity index (χ0n) is 14.1. The van der Waals surface area contributed by atoms with Crippen LogP contribution in [0.3, 0.4) is 0 Å². The van der Waals surface area contributed by atoms with Crippen LogP contribution in [0.15, 0.2) is 0 Å². The number of hydrogen-bond donors (Lipinski definition) is 0. The third-order valence-electron chi connectivity index (χ3n) is 3.29. The van der Waals surface area contributed by atoms with Gasteiger partial charge in [-0.2, -0.15) is 11.8 Å². The maximum atomic E-state index is 6.09. The number of thioether (sulfide) groups is 1. The second-order valence-electron chi connectivity index (χ2n) is 5.09. The van der Waals surface area contributed by atoms with Crippen molar-refractivity contribution in [2.24, 2.45) is 0 Å². The van der Waals surface area contributed by atoms with E-state index in [2.05, 4.69) is 18.7 Å². The first-order valence-electron chi connectivity index (χ1n) is 8.37. The number of rotatable bonds is 14. The molecule has 1 aliphatic carbocycles. The summed E-state index contributed by atoms with van der Waals surface area (Å²) < 4.78 is 23.9. The number of ether oxygens (including phenoxy) is 1. The fourth-order valence-electron chi connectivity index (χ4n) is 2.25. The Kier molecular flexibility index (Phi) is 10.2. The van der Waals surface area contributed by atoms with Crippen LogP contribution in [-0.2, 0) is 18.0 Å². The van der Waals surface area contributed by atoms with Gasteiger partial charge in [-0.3, -0.25) is 0 Å². The van der Waals surface area contributed by atoms with Crippen LogP contribution in [-0.4, -0.2) is 52.0 Å². The fourth-order valence-corrected chi connectivity index (χ4v) is 6.17. The van der Waals surface area contributed by atoms with E-state index in [1.165, 1.54) is 18.6 Å². The van der Waals surface area contributed by atoms with Crippen molar-refractivity contribution in [3.8, 4) is 0 Å². The first-order valence-corrected chi connectivity index (χ1v) is 11.2. The largest absolute Gasteiger partial charge is 0.531 e. The van der Waals surface area contributed by atoms with E-state index in [4.69, 9.17) is 18.0 Å². The van der Waals surface area contributed by atoms with E-state index in [-0.39, 0.29) is 5.73 Å². The Balaban J connectivity index is 2.43. The minimum atomic E-state index is -2.72. The molecular weight excluding hydrogens is 304 g/mol. The van der Waals surface area contributed by atoms with Crippen LogP contribution >= 0.6 is 11.8 Å². The van der Waals surface area contributed by atoms with Crippen LogP contribution < -0.4 is 0 Å². The molecule has 0 spiro atoms. The molecule has 0 aromatic heterocycles. The van der Waals surface area contributed by atoms with Crippen LogP contribution in [0, 0.1) is 0 Å². The molecule has 1 fully saturated rings. The zero-order chi connectivity index (χ0) is 15.6. The van der Waals surface area contributed by atoms with Crippen molar-refractivity contribution < 1.29 is 18.0 Å². The summed E-state index contributed by atoms with van der Waals surface area (Å²) in [7, 11) is -2.72. The summed E-state index contributed by atoms with van der Waals surface area (Å²) in [5, 5.41) is 0.927. The van der Waals surface area contributed by atoms with Gasteiger partial charge in [-0.25, -0.2) is 0 Å². The van der Waals surface area contributed by atoms with E-state index < -0.39 is 8.80 Å². The van der Waals surface area contributed by atoms with Crippen molar-refractivity contribution in [3.05, 3.63) is 0 Å². The monoisotopic (exact) mass is 336 g/mol. The summed E-state index contributed by atoms with van der Waals surface area (Å²) in [5.41, 5.74) is -0.0525. The zero-order valence-corrected chi connectivity index (χ0v) is 15.9. The fraction of sp³-hybridized carbons (Fsp3) is 1.00. The lowest BCUT2D eigenvalue weighted by molar-refractivity contribution is -0.0109. The quantitative estimate of drug-likeness (QED) is 0.357. The van der Waals surface area contributed by atoms with Crippen LogP contribution in [0.25, 0.3) is 0 Å². The summed E-state index contributed by atoms with van der Waals surface area (Å²) in [6.07, 6.45) is 4.75. The van der Waals surface area contributed by atoms with E-state index in [9.17, 15) is 0 Å². The molecule has 1 atom stereocenters. The van der Waals surface area contributed by atoms with E-state index in [0.717, 1.165) is 24.7 Å². The Hall–Kier alpha value is 0.407. The Morgan fingerprint density at radius 2 is 1.57 bits per heavy atom. The van der Waals surface area contributed by atoms with E-state index >= 15 is 0 Å². The van der Waals surface area contributed by atoms with Gasteiger partial charge < -0.3 is 18.0 Å². The Labute approximate surface area is 135 Å². The number of hydrogen-bond acceptors (Lipinski definition) is 5. The molecule has 1 unspecified atom stereocenters. The molecule has 0 radical (unpaired) electrons. The molecule has 1 aliphatic rings. The maximum Gasteiger partial charge on any atom is 0.531 e. The molecule has 0 aromatic carbocycles. The summed E-state index contributed by atoms with van der Waals surface area (Å²) in [4.78, 5) is 0. The second kappa shape index (κ2) is 11.0. The van der Waals surface area contributed by atoms with Crippen LogP contribution in [0.4, 0.5) is 0 Å². The average Bonchev–Trinajstić information content (AvgIpc) is 3.27. The maximum absolute atomic E-state index is 6.09. The molecule has 0 heterocycles. The molecule has 0 aliphatic heterocycles. The standard InChI is InChI=1S/C15H32O4SSi/c1-5-15(16-12-9-13-20-14-10-11-14)21(17-6-2,18-7-3)19-8-4/h14-15H,5-13H2,1-4H3. The molecule has 21 heavy (non-hydrogen) atoms. The lowest BCUT2D eigenvalue weighted by Gasteiger charge is -2.34. The van der Waals surface area contributed by atoms with Gasteiger partial charge in [-0.15, -0.1) is 0 Å². The molecule has 0 bridgehead atoms. The average molecular weight is 337 g/mol. The Morgan fingerprint density at radius 1 is 1.00 bits per heavy atom. The van der Waals surface area contributed by atoms with Gasteiger partial charge in [0.05, 0.1) is 0 Å². The van der Waals surface area contributed by atoms with Crippen molar-refractivity contribution in [1.29, 1.82) is 0 Å². The Bertz CT molecular complexity index is 247. The highest BCUT2D eigenvalue weighted by atomic mass is 32.2. The van der Waals surface area contributed by atoms with Gasteiger partial charge >= 0.3 is 8.80 Å². The molecule has 1 rings (SSSR count). The minimum absolute atomic E-state index is 0.0525. The molecule has 0 N–H and O–H groups in total. The molecular formula is C15H32O4SSi. The smallest absolute Gasteiger partial charge is 0.374 e. The van der Waals surface area contributed by atoms with Gasteiger partial charge in [0.1, 0.15) is 5.73 Å². The first-order chi connectivity index (χ1) is 10.2. The first kappa shape index (κ1) is 19.5. The van der Waals surface area contributed by atoms with Crippen LogP contribution in [0.1, 0.15) is 53.4 Å². The van der Waals surface area contributed by atoms with Gasteiger partial charge in [-0.05, 0) is 52.2 Å². The van der Waals surface area contributed by atoms with Crippen molar-refractivity contribution in [3.63, 3.8) is 0 Å². The third-order valence-corrected chi connectivity index (χ3v) is 8.19. The Morgan fingerprint density at radius 3 is 2.00 bits per heavy atom. The molecule has 0 amide bonds. The van der Waals surface area contributed by atoms with Crippen molar-refractivity contribution in [2.45, 2.75) is 64.4 Å². The molecule has 6 heteroatoms. The second-order valence-corrected chi connectivity index (χ2v) is 9.22. The van der Waals surface area contributed by atoms with E-state index in [0.29, 0.717) is 19.8 Å². The third kappa shape index (κ3) is 7.01. The summed E-state index contributed by atoms with van der Waals surface area (Å²) >= 11 is 2.08. The predicted octanol–water partition coefficient (Wildman–Crippen LogP) is 3.65. The molecule has 0 saturated heterocycles. The summed E-state index contributed by atoms with van der Waals surface area (Å²) in [6.45, 7) is 10.6. The topological polar surface area (TPSA) is 36.9 Å². The van der Waals surface area contributed by atoms with Gasteiger partial charge in [0.25, 0.3) is 0 Å². The summed E-state index contributed by atoms with van der Waals surface area (Å²) in [6, 6.07) is 0. The van der Waals surface area contributed by atoms with Gasteiger partial charge in [0, 0.05) is 31.7 Å². The highest BCUT2D eigenvalue weighted by Crippen LogP contribution is 2.34. The van der Waals surface area contributed by atoms with Crippen molar-refractivity contribution >= 4 is 20.6 Å². The van der Waals surface area contributed by atoms with E-state index in [1.807, 2.05) is 20.8 Å². The van der Waals surface area contributed by atoms with Crippen LogP contribution in [0.5, 0.6) is 0 Å². The molecule has 4 nitrogen and oxygen atoms in total. The SMILES string of the molecule is CCO[Si](OCC)(OCC)C(CC)OCCCSC1CC1. The molecule has 126 valence electrons. The van der Waals surface area contributed by atoms with Gasteiger partial charge in [0.15, 0.2) is 0 Å².